The molecule has 1 saturated heterocycles. The molecular weight excluding hydrogens is 192 g/mol. The average Bonchev–Trinajstić information content (AvgIpc) is 2.69. The largest absolute Gasteiger partial charge is 0.358 e. The van der Waals surface area contributed by atoms with E-state index in [2.05, 4.69) is 9.88 Å². The molecule has 0 atom stereocenters. The Morgan fingerprint density at radius 3 is 2.53 bits per heavy atom. The van der Waals surface area contributed by atoms with Gasteiger partial charge in [0.1, 0.15) is 5.82 Å². The van der Waals surface area contributed by atoms with Gasteiger partial charge in [-0.2, -0.15) is 0 Å². The molecule has 1 aromatic heterocycles. The van der Waals surface area contributed by atoms with Gasteiger partial charge in [0.05, 0.1) is 5.56 Å². The molecule has 4 heteroatoms. The summed E-state index contributed by atoms with van der Waals surface area (Å²) in [5, 5.41) is 0. The van der Waals surface area contributed by atoms with Crippen molar-refractivity contribution in [3.8, 4) is 0 Å². The monoisotopic (exact) mass is 206 g/mol. The summed E-state index contributed by atoms with van der Waals surface area (Å²) < 4.78 is 0. The van der Waals surface area contributed by atoms with Crippen LogP contribution in [0.3, 0.4) is 0 Å². The Kier molecular flexibility index (Phi) is 2.58. The molecule has 0 radical (unpaired) electrons. The first kappa shape index (κ1) is 9.96. The maximum absolute atomic E-state index is 11.5. The van der Waals surface area contributed by atoms with Crippen LogP contribution in [0.15, 0.2) is 16.9 Å². The van der Waals surface area contributed by atoms with E-state index in [0.29, 0.717) is 0 Å². The van der Waals surface area contributed by atoms with E-state index in [9.17, 15) is 9.59 Å². The molecule has 0 aliphatic carbocycles. The lowest BCUT2D eigenvalue weighted by molar-refractivity contribution is 0.101. The highest BCUT2D eigenvalue weighted by atomic mass is 16.1. The molecule has 0 aromatic carbocycles. The van der Waals surface area contributed by atoms with E-state index in [4.69, 9.17) is 0 Å². The van der Waals surface area contributed by atoms with Gasteiger partial charge in [0.15, 0.2) is 5.78 Å². The number of aromatic nitrogens is 1. The van der Waals surface area contributed by atoms with Crippen LogP contribution in [0.25, 0.3) is 0 Å². The first-order valence-electron chi connectivity index (χ1n) is 5.17. The molecule has 80 valence electrons. The number of hydrogen-bond acceptors (Lipinski definition) is 3. The van der Waals surface area contributed by atoms with Crippen LogP contribution in [0.2, 0.25) is 0 Å². The van der Waals surface area contributed by atoms with Crippen molar-refractivity contribution < 1.29 is 4.79 Å². The number of anilines is 1. The van der Waals surface area contributed by atoms with Crippen molar-refractivity contribution in [2.75, 3.05) is 18.0 Å². The van der Waals surface area contributed by atoms with E-state index in [1.807, 2.05) is 6.07 Å². The van der Waals surface area contributed by atoms with Crippen molar-refractivity contribution >= 4 is 11.6 Å². The number of nitrogens with one attached hydrogen (secondary N) is 1. The minimum atomic E-state index is -0.285. The zero-order valence-corrected chi connectivity index (χ0v) is 8.75. The van der Waals surface area contributed by atoms with Gasteiger partial charge >= 0.3 is 0 Å². The Bertz CT molecular complexity index is 430. The Morgan fingerprint density at radius 1 is 1.33 bits per heavy atom. The number of carbonyl (C=O) groups is 1. The minimum Gasteiger partial charge on any atom is -0.358 e. The van der Waals surface area contributed by atoms with Crippen molar-refractivity contribution in [1.29, 1.82) is 0 Å². The van der Waals surface area contributed by atoms with Crippen LogP contribution in [-0.2, 0) is 0 Å². The van der Waals surface area contributed by atoms with Gasteiger partial charge in [0.25, 0.3) is 5.56 Å². The molecule has 2 heterocycles. The third-order valence-corrected chi connectivity index (χ3v) is 2.72. The first-order valence-corrected chi connectivity index (χ1v) is 5.17. The molecule has 0 bridgehead atoms. The molecular formula is C11H14N2O2. The van der Waals surface area contributed by atoms with E-state index >= 15 is 0 Å². The Balaban J connectivity index is 2.32. The van der Waals surface area contributed by atoms with E-state index in [0.717, 1.165) is 31.7 Å². The maximum atomic E-state index is 11.5. The van der Waals surface area contributed by atoms with Gasteiger partial charge in [0.2, 0.25) is 0 Å². The van der Waals surface area contributed by atoms with Gasteiger partial charge < -0.3 is 9.88 Å². The quantitative estimate of drug-likeness (QED) is 0.739. The van der Waals surface area contributed by atoms with Crippen molar-refractivity contribution in [3.63, 3.8) is 0 Å². The van der Waals surface area contributed by atoms with Crippen molar-refractivity contribution in [3.05, 3.63) is 28.0 Å². The maximum Gasteiger partial charge on any atom is 0.260 e. The Morgan fingerprint density at radius 2 is 2.00 bits per heavy atom. The van der Waals surface area contributed by atoms with Crippen molar-refractivity contribution in [2.45, 2.75) is 19.8 Å². The van der Waals surface area contributed by atoms with Gasteiger partial charge in [-0.25, -0.2) is 0 Å². The number of H-pyrrole nitrogens is 1. The predicted molar refractivity (Wildman–Crippen MR) is 58.5 cm³/mol. The van der Waals surface area contributed by atoms with Crippen LogP contribution in [0.5, 0.6) is 0 Å². The summed E-state index contributed by atoms with van der Waals surface area (Å²) in [5.74, 6) is 0.631. The normalized spacial score (nSPS) is 15.7. The highest BCUT2D eigenvalue weighted by Crippen LogP contribution is 2.16. The third-order valence-electron chi connectivity index (χ3n) is 2.72. The lowest BCUT2D eigenvalue weighted by atomic mass is 10.2. The summed E-state index contributed by atoms with van der Waals surface area (Å²) in [4.78, 5) is 27.5. The number of rotatable bonds is 2. The zero-order valence-electron chi connectivity index (χ0n) is 8.75. The number of pyridine rings is 1. The minimum absolute atomic E-state index is 0.191. The topological polar surface area (TPSA) is 53.2 Å². The highest BCUT2D eigenvalue weighted by Gasteiger charge is 2.14. The number of Topliss-reactive ketones (excluding diaryl/α,β-unsaturated/α-hetero) is 1. The Hall–Kier alpha value is -1.58. The molecule has 2 rings (SSSR count). The summed E-state index contributed by atoms with van der Waals surface area (Å²) in [6.07, 6.45) is 2.33. The number of carbonyl (C=O) groups excluding carboxylic acids is 1. The molecule has 1 N–H and O–H groups in total. The van der Waals surface area contributed by atoms with Crippen LogP contribution in [0.4, 0.5) is 5.82 Å². The lowest BCUT2D eigenvalue weighted by Crippen LogP contribution is -2.24. The molecule has 0 amide bonds. The first-order chi connectivity index (χ1) is 7.18. The second-order valence-electron chi connectivity index (χ2n) is 3.84. The fraction of sp³-hybridized carbons (Fsp3) is 0.455. The second-order valence-corrected chi connectivity index (χ2v) is 3.84. The second kappa shape index (κ2) is 3.88. The molecule has 0 unspecified atom stereocenters. The van der Waals surface area contributed by atoms with Gasteiger partial charge in [-0.05, 0) is 31.9 Å². The van der Waals surface area contributed by atoms with Crippen LogP contribution in [0, 0.1) is 0 Å². The SMILES string of the molecule is CC(=O)c1ccc(N2CCCC2)[nH]c1=O. The van der Waals surface area contributed by atoms with E-state index in [1.54, 1.807) is 6.07 Å². The average molecular weight is 206 g/mol. The predicted octanol–water partition coefficient (Wildman–Crippen LogP) is 1.18. The van der Waals surface area contributed by atoms with Crippen molar-refractivity contribution in [1.82, 2.24) is 4.98 Å². The van der Waals surface area contributed by atoms with Crippen LogP contribution >= 0.6 is 0 Å². The molecule has 4 nitrogen and oxygen atoms in total. The summed E-state index contributed by atoms with van der Waals surface area (Å²) in [7, 11) is 0. The van der Waals surface area contributed by atoms with E-state index in [-0.39, 0.29) is 16.9 Å². The molecule has 1 aliphatic heterocycles. The fourth-order valence-electron chi connectivity index (χ4n) is 1.88. The number of aromatic amines is 1. The van der Waals surface area contributed by atoms with Gasteiger partial charge in [-0.1, -0.05) is 0 Å². The van der Waals surface area contributed by atoms with Crippen LogP contribution in [-0.4, -0.2) is 23.9 Å². The van der Waals surface area contributed by atoms with E-state index in [1.165, 1.54) is 6.92 Å². The number of hydrogen-bond donors (Lipinski definition) is 1. The standard InChI is InChI=1S/C11H14N2O2/c1-8(14)9-4-5-10(12-11(9)15)13-6-2-3-7-13/h4-5H,2-3,6-7H2,1H3,(H,12,15). The van der Waals surface area contributed by atoms with Gasteiger partial charge in [0, 0.05) is 13.1 Å². The molecule has 1 aromatic rings. The molecule has 0 spiro atoms. The molecule has 1 fully saturated rings. The summed E-state index contributed by atoms with van der Waals surface area (Å²) in [5.41, 5.74) is -0.0511. The Labute approximate surface area is 87.9 Å². The number of nitrogens with zero attached hydrogens (tertiary/aromatic N) is 1. The smallest absolute Gasteiger partial charge is 0.260 e. The number of ketones is 1. The third kappa shape index (κ3) is 1.93. The van der Waals surface area contributed by atoms with Gasteiger partial charge in [-0.15, -0.1) is 0 Å². The van der Waals surface area contributed by atoms with E-state index < -0.39 is 0 Å². The highest BCUT2D eigenvalue weighted by molar-refractivity contribution is 5.93. The van der Waals surface area contributed by atoms with Crippen molar-refractivity contribution in [2.24, 2.45) is 0 Å². The summed E-state index contributed by atoms with van der Waals surface area (Å²) >= 11 is 0. The summed E-state index contributed by atoms with van der Waals surface area (Å²) in [6, 6.07) is 3.41. The van der Waals surface area contributed by atoms with Crippen LogP contribution in [0.1, 0.15) is 30.1 Å². The molecule has 1 aliphatic rings. The lowest BCUT2D eigenvalue weighted by Gasteiger charge is -2.16. The fourth-order valence-corrected chi connectivity index (χ4v) is 1.88. The molecule has 15 heavy (non-hydrogen) atoms. The van der Waals surface area contributed by atoms with Gasteiger partial charge in [-0.3, -0.25) is 9.59 Å². The van der Waals surface area contributed by atoms with Crippen LogP contribution < -0.4 is 10.5 Å². The zero-order chi connectivity index (χ0) is 10.8. The summed E-state index contributed by atoms with van der Waals surface area (Å²) in [6.45, 7) is 3.37. The molecule has 0 saturated carbocycles.